The quantitative estimate of drug-likeness (QED) is 0.235. The molecular formula is C28H34N4O3S. The zero-order chi connectivity index (χ0) is 25.4. The molecular weight excluding hydrogens is 472 g/mol. The minimum Gasteiger partial charge on any atom is -0.492 e. The summed E-state index contributed by atoms with van der Waals surface area (Å²) in [4.78, 5) is 0.214. The highest BCUT2D eigenvalue weighted by atomic mass is 32.2. The van der Waals surface area contributed by atoms with Crippen LogP contribution in [0.5, 0.6) is 5.75 Å². The second kappa shape index (κ2) is 12.2. The van der Waals surface area contributed by atoms with E-state index >= 15 is 0 Å². The van der Waals surface area contributed by atoms with Gasteiger partial charge in [0.15, 0.2) is 0 Å². The highest BCUT2D eigenvalue weighted by Crippen LogP contribution is 2.20. The largest absolute Gasteiger partial charge is 0.492 e. The van der Waals surface area contributed by atoms with E-state index in [1.54, 1.807) is 54.6 Å². The maximum Gasteiger partial charge on any atom is 0.240 e. The number of ether oxygens (including phenoxy) is 1. The van der Waals surface area contributed by atoms with Gasteiger partial charge in [0.25, 0.3) is 0 Å². The number of sulfonamides is 1. The van der Waals surface area contributed by atoms with E-state index in [0.29, 0.717) is 23.7 Å². The molecule has 0 spiro atoms. The summed E-state index contributed by atoms with van der Waals surface area (Å²) in [6, 6.07) is 23.2. The van der Waals surface area contributed by atoms with Crippen molar-refractivity contribution in [3.05, 3.63) is 95.6 Å². The Morgan fingerprint density at radius 1 is 1.00 bits per heavy atom. The highest BCUT2D eigenvalue weighted by Gasteiger charge is 2.21. The molecule has 7 nitrogen and oxygen atoms in total. The second-order valence-electron chi connectivity index (χ2n) is 9.30. The second-order valence-corrected chi connectivity index (χ2v) is 11.0. The summed E-state index contributed by atoms with van der Waals surface area (Å²) in [5.74, 6) is 1.19. The van der Waals surface area contributed by atoms with Gasteiger partial charge in [-0.1, -0.05) is 54.6 Å². The molecule has 190 valence electrons. The Labute approximate surface area is 213 Å². The topological polar surface area (TPSA) is 117 Å². The first kappa shape index (κ1) is 25.9. The van der Waals surface area contributed by atoms with Crippen molar-refractivity contribution in [1.82, 2.24) is 10.0 Å². The average Bonchev–Trinajstić information content (AvgIpc) is 2.89. The number of nitrogens with one attached hydrogen (secondary N) is 3. The molecule has 1 fully saturated rings. The first-order valence-electron chi connectivity index (χ1n) is 12.3. The molecule has 0 aromatic heterocycles. The predicted octanol–water partition coefficient (Wildman–Crippen LogP) is 3.48. The molecule has 0 aliphatic carbocycles. The van der Waals surface area contributed by atoms with E-state index in [1.165, 1.54) is 18.4 Å². The maximum atomic E-state index is 13.0. The lowest BCUT2D eigenvalue weighted by Crippen LogP contribution is -2.40. The summed E-state index contributed by atoms with van der Waals surface area (Å²) in [7, 11) is -3.72. The monoisotopic (exact) mass is 506 g/mol. The van der Waals surface area contributed by atoms with E-state index in [9.17, 15) is 8.42 Å². The van der Waals surface area contributed by atoms with Crippen molar-refractivity contribution in [2.75, 3.05) is 19.7 Å². The van der Waals surface area contributed by atoms with E-state index in [1.807, 2.05) is 0 Å². The van der Waals surface area contributed by atoms with Crippen molar-refractivity contribution in [3.8, 4) is 5.75 Å². The van der Waals surface area contributed by atoms with Crippen molar-refractivity contribution in [2.24, 2.45) is 11.7 Å². The zero-order valence-corrected chi connectivity index (χ0v) is 21.1. The molecule has 5 N–H and O–H groups in total. The van der Waals surface area contributed by atoms with Crippen molar-refractivity contribution >= 4 is 15.9 Å². The Balaban J connectivity index is 1.47. The Hall–Kier alpha value is -3.20. The first-order valence-corrected chi connectivity index (χ1v) is 13.8. The van der Waals surface area contributed by atoms with Crippen LogP contribution < -0.4 is 20.5 Å². The number of benzene rings is 3. The average molecular weight is 507 g/mol. The van der Waals surface area contributed by atoms with Crippen LogP contribution >= 0.6 is 0 Å². The number of hydrogen-bond acceptors (Lipinski definition) is 5. The summed E-state index contributed by atoms with van der Waals surface area (Å²) < 4.78 is 34.9. The normalized spacial score (nSPS) is 15.3. The molecule has 0 radical (unpaired) electrons. The van der Waals surface area contributed by atoms with Gasteiger partial charge in [-0.3, -0.25) is 5.41 Å². The lowest BCUT2D eigenvalue weighted by atomic mass is 9.90. The standard InChI is InChI=1S/C28H34N4O3S/c29-28(30)24-5-4-6-26(19-24)35-20-25(32-36(33,34)27-7-2-1-3-8-27)18-22-11-9-21(10-12-22)17-23-13-15-31-16-14-23/h1-12,19,23,25,31-32H,13-18,20H2,(H3,29,30)/t25-/m0/s1. The van der Waals surface area contributed by atoms with Gasteiger partial charge in [0.1, 0.15) is 18.2 Å². The van der Waals surface area contributed by atoms with Crippen molar-refractivity contribution in [3.63, 3.8) is 0 Å². The molecule has 3 aromatic carbocycles. The van der Waals surface area contributed by atoms with E-state index in [4.69, 9.17) is 15.9 Å². The van der Waals surface area contributed by atoms with Gasteiger partial charge in [0.05, 0.1) is 10.9 Å². The van der Waals surface area contributed by atoms with Crippen LogP contribution in [0, 0.1) is 11.3 Å². The molecule has 1 atom stereocenters. The van der Waals surface area contributed by atoms with Gasteiger partial charge in [0.2, 0.25) is 10.0 Å². The molecule has 36 heavy (non-hydrogen) atoms. The third-order valence-corrected chi connectivity index (χ3v) is 8.00. The Bertz CT molecular complexity index is 1240. The summed E-state index contributed by atoms with van der Waals surface area (Å²) in [5.41, 5.74) is 8.49. The van der Waals surface area contributed by atoms with Crippen LogP contribution in [0.4, 0.5) is 0 Å². The molecule has 8 heteroatoms. The van der Waals surface area contributed by atoms with Gasteiger partial charge in [-0.25, -0.2) is 13.1 Å². The van der Waals surface area contributed by atoms with Crippen molar-refractivity contribution in [1.29, 1.82) is 5.41 Å². The molecule has 1 heterocycles. The summed E-state index contributed by atoms with van der Waals surface area (Å²) >= 11 is 0. The SMILES string of the molecule is N=C(N)c1cccc(OC[C@H](Cc2ccc(CC3CCNCC3)cc2)NS(=O)(=O)c2ccccc2)c1. The van der Waals surface area contributed by atoms with Crippen LogP contribution in [0.3, 0.4) is 0 Å². The summed E-state index contributed by atoms with van der Waals surface area (Å²) in [5, 5.41) is 11.0. The van der Waals surface area contributed by atoms with Gasteiger partial charge < -0.3 is 15.8 Å². The number of rotatable bonds is 11. The van der Waals surface area contributed by atoms with Crippen LogP contribution in [0.15, 0.2) is 83.8 Å². The molecule has 4 rings (SSSR count). The smallest absolute Gasteiger partial charge is 0.240 e. The molecule has 1 aliphatic heterocycles. The fourth-order valence-corrected chi connectivity index (χ4v) is 5.73. The number of nitrogen functional groups attached to an aromatic ring is 1. The third-order valence-electron chi connectivity index (χ3n) is 6.46. The number of piperidine rings is 1. The number of nitrogens with two attached hydrogens (primary N) is 1. The fourth-order valence-electron chi connectivity index (χ4n) is 4.49. The molecule has 0 saturated carbocycles. The lowest BCUT2D eigenvalue weighted by molar-refractivity contribution is 0.278. The van der Waals surface area contributed by atoms with Gasteiger partial charge in [-0.05, 0) is 80.1 Å². The number of hydrogen-bond donors (Lipinski definition) is 4. The van der Waals surface area contributed by atoms with E-state index < -0.39 is 16.1 Å². The summed E-state index contributed by atoms with van der Waals surface area (Å²) in [6.07, 6.45) is 3.95. The molecule has 1 saturated heterocycles. The van der Waals surface area contributed by atoms with E-state index in [-0.39, 0.29) is 17.3 Å². The van der Waals surface area contributed by atoms with Crippen LogP contribution in [-0.2, 0) is 22.9 Å². The first-order chi connectivity index (χ1) is 17.4. The Morgan fingerprint density at radius 3 is 2.39 bits per heavy atom. The predicted molar refractivity (Wildman–Crippen MR) is 143 cm³/mol. The molecule has 1 aliphatic rings. The maximum absolute atomic E-state index is 13.0. The van der Waals surface area contributed by atoms with Gasteiger partial charge in [-0.15, -0.1) is 0 Å². The minimum atomic E-state index is -3.72. The van der Waals surface area contributed by atoms with Gasteiger partial charge in [0, 0.05) is 5.56 Å². The Kier molecular flexibility index (Phi) is 8.74. The van der Waals surface area contributed by atoms with Gasteiger partial charge in [-0.2, -0.15) is 0 Å². The minimum absolute atomic E-state index is 0.0497. The van der Waals surface area contributed by atoms with Gasteiger partial charge >= 0.3 is 0 Å². The third kappa shape index (κ3) is 7.40. The van der Waals surface area contributed by atoms with Crippen molar-refractivity contribution < 1.29 is 13.2 Å². The van der Waals surface area contributed by atoms with Crippen LogP contribution in [0.25, 0.3) is 0 Å². The van der Waals surface area contributed by atoms with Crippen molar-refractivity contribution in [2.45, 2.75) is 36.6 Å². The van der Waals surface area contributed by atoms with Crippen LogP contribution in [0.2, 0.25) is 0 Å². The van der Waals surface area contributed by atoms with E-state index in [2.05, 4.69) is 34.3 Å². The fraction of sp³-hybridized carbons (Fsp3) is 0.321. The molecule has 3 aromatic rings. The van der Waals surface area contributed by atoms with E-state index in [0.717, 1.165) is 25.1 Å². The lowest BCUT2D eigenvalue weighted by Gasteiger charge is -2.23. The van der Waals surface area contributed by atoms with Crippen LogP contribution in [-0.4, -0.2) is 40.0 Å². The Morgan fingerprint density at radius 2 is 1.69 bits per heavy atom. The zero-order valence-electron chi connectivity index (χ0n) is 20.3. The molecule has 0 bridgehead atoms. The molecule has 0 unspecified atom stereocenters. The summed E-state index contributed by atoms with van der Waals surface area (Å²) in [6.45, 7) is 2.30. The molecule has 0 amide bonds. The van der Waals surface area contributed by atoms with Crippen LogP contribution in [0.1, 0.15) is 29.5 Å². The number of amidine groups is 1. The highest BCUT2D eigenvalue weighted by molar-refractivity contribution is 7.89.